The van der Waals surface area contributed by atoms with Gasteiger partial charge in [0.15, 0.2) is 17.2 Å². The number of nitro groups is 1. The zero-order chi connectivity index (χ0) is 31.6. The van der Waals surface area contributed by atoms with E-state index in [1.165, 1.54) is 45.2 Å². The van der Waals surface area contributed by atoms with Crippen LogP contribution in [0.15, 0.2) is 24.3 Å². The van der Waals surface area contributed by atoms with E-state index in [2.05, 4.69) is 16.0 Å². The molecule has 1 heterocycles. The number of non-ortho nitro benzene ring substituents is 1. The zero-order valence-corrected chi connectivity index (χ0v) is 24.1. The number of fused-ring (bicyclic) bond motifs is 1. The molecule has 15 heteroatoms. The molecule has 5 atom stereocenters. The number of nitro benzene ring substituents is 1. The van der Waals surface area contributed by atoms with Crippen LogP contribution in [0.4, 0.5) is 11.4 Å². The normalized spacial score (nSPS) is 23.9. The van der Waals surface area contributed by atoms with E-state index in [-0.39, 0.29) is 37.2 Å². The van der Waals surface area contributed by atoms with Crippen molar-refractivity contribution < 1.29 is 38.4 Å². The lowest BCUT2D eigenvalue weighted by atomic mass is 9.66. The van der Waals surface area contributed by atoms with Crippen molar-refractivity contribution >= 4 is 46.6 Å². The van der Waals surface area contributed by atoms with Crippen molar-refractivity contribution in [3.63, 3.8) is 0 Å². The Labute approximate surface area is 242 Å². The number of nitrogens with two attached hydrogens (primary N) is 1. The topological polar surface area (TPSA) is 220 Å². The van der Waals surface area contributed by atoms with Gasteiger partial charge in [0, 0.05) is 50.7 Å². The van der Waals surface area contributed by atoms with Gasteiger partial charge in [-0.2, -0.15) is 0 Å². The maximum atomic E-state index is 14.3. The number of carbonyl (C=O) groups is 6. The van der Waals surface area contributed by atoms with Crippen LogP contribution in [0.3, 0.4) is 0 Å². The number of hydrogen-bond acceptors (Lipinski definition) is 10. The predicted molar refractivity (Wildman–Crippen MR) is 148 cm³/mol. The summed E-state index contributed by atoms with van der Waals surface area (Å²) in [5.74, 6) is -5.04. The number of amides is 4. The standard InChI is InChI=1S/C27H36N6O9/c1-14(2)21(23(37)30-17-6-8-18(9-7-17)33(40)41)31-25(39)27-20(35)11-10-19(34)26(27,42-5)12-13-32(27)24(38)16(4)29-22(36)15(3)28/h6-9,14-16,21H,10-13,28H2,1-5H3,(H,29,36)(H,30,37)(H,31,39)/t15-,16-,21-,26?,27+/m0/s1. The van der Waals surface area contributed by atoms with E-state index in [4.69, 9.17) is 10.5 Å². The molecule has 1 saturated carbocycles. The molecule has 5 N–H and O–H groups in total. The lowest BCUT2D eigenvalue weighted by Crippen LogP contribution is -2.77. The molecule has 1 aromatic rings. The van der Waals surface area contributed by atoms with E-state index in [1.54, 1.807) is 13.8 Å². The molecule has 2 aliphatic rings. The maximum absolute atomic E-state index is 14.3. The first-order valence-corrected chi connectivity index (χ1v) is 13.5. The summed E-state index contributed by atoms with van der Waals surface area (Å²) < 4.78 is 5.63. The van der Waals surface area contributed by atoms with Crippen molar-refractivity contribution in [2.24, 2.45) is 11.7 Å². The molecule has 228 valence electrons. The first kappa shape index (κ1) is 32.3. The number of Topliss-reactive ketones (excluding diaryl/α,β-unsaturated/α-hetero) is 2. The lowest BCUT2D eigenvalue weighted by Gasteiger charge is -2.48. The van der Waals surface area contributed by atoms with Gasteiger partial charge in [0.05, 0.1) is 11.0 Å². The Bertz CT molecular complexity index is 1300. The quantitative estimate of drug-likeness (QED) is 0.160. The van der Waals surface area contributed by atoms with Crippen molar-refractivity contribution in [3.8, 4) is 0 Å². The predicted octanol–water partition coefficient (Wildman–Crippen LogP) is -0.186. The van der Waals surface area contributed by atoms with Gasteiger partial charge in [-0.25, -0.2) is 0 Å². The zero-order valence-electron chi connectivity index (χ0n) is 24.1. The Morgan fingerprint density at radius 2 is 1.60 bits per heavy atom. The summed E-state index contributed by atoms with van der Waals surface area (Å²) >= 11 is 0. The molecule has 2 fully saturated rings. The molecule has 42 heavy (non-hydrogen) atoms. The summed E-state index contributed by atoms with van der Waals surface area (Å²) in [4.78, 5) is 91.9. The summed E-state index contributed by atoms with van der Waals surface area (Å²) in [6.07, 6.45) is -0.708. The van der Waals surface area contributed by atoms with Gasteiger partial charge in [-0.3, -0.25) is 38.9 Å². The van der Waals surface area contributed by atoms with Crippen LogP contribution >= 0.6 is 0 Å². The molecule has 1 saturated heterocycles. The molecule has 0 radical (unpaired) electrons. The Morgan fingerprint density at radius 1 is 1.00 bits per heavy atom. The molecule has 0 aromatic heterocycles. The van der Waals surface area contributed by atoms with Gasteiger partial charge >= 0.3 is 0 Å². The van der Waals surface area contributed by atoms with Crippen LogP contribution < -0.4 is 21.7 Å². The molecule has 3 rings (SSSR count). The van der Waals surface area contributed by atoms with Crippen LogP contribution in [0.1, 0.15) is 47.0 Å². The van der Waals surface area contributed by atoms with Crippen LogP contribution in [-0.4, -0.2) is 87.9 Å². The van der Waals surface area contributed by atoms with E-state index in [9.17, 15) is 38.9 Å². The number of nitrogens with one attached hydrogen (secondary N) is 3. The Balaban J connectivity index is 2.00. The third-order valence-corrected chi connectivity index (χ3v) is 7.78. The van der Waals surface area contributed by atoms with Crippen LogP contribution in [0.5, 0.6) is 0 Å². The van der Waals surface area contributed by atoms with Crippen molar-refractivity contribution in [1.29, 1.82) is 0 Å². The molecule has 4 amide bonds. The average molecular weight is 589 g/mol. The van der Waals surface area contributed by atoms with Gasteiger partial charge in [-0.1, -0.05) is 13.8 Å². The first-order valence-electron chi connectivity index (χ1n) is 13.5. The highest BCUT2D eigenvalue weighted by atomic mass is 16.6. The lowest BCUT2D eigenvalue weighted by molar-refractivity contribution is -0.384. The monoisotopic (exact) mass is 588 g/mol. The SMILES string of the molecule is COC12CCN(C(=O)[C@H](C)NC(=O)[C@H](C)N)[C@@]1(C(=O)N[C@H](C(=O)Nc1ccc([N+](=O)[O-])cc1)C(C)C)C(=O)CCC2=O. The van der Waals surface area contributed by atoms with E-state index >= 15 is 0 Å². The fraction of sp³-hybridized carbons (Fsp3) is 0.556. The molecule has 1 aliphatic heterocycles. The van der Waals surface area contributed by atoms with Crippen LogP contribution in [0, 0.1) is 16.0 Å². The molecule has 15 nitrogen and oxygen atoms in total. The number of rotatable bonds is 10. The summed E-state index contributed by atoms with van der Waals surface area (Å²) in [6, 6.07) is 1.64. The van der Waals surface area contributed by atoms with Crippen molar-refractivity contribution in [2.75, 3.05) is 19.0 Å². The summed E-state index contributed by atoms with van der Waals surface area (Å²) in [6.45, 7) is 5.85. The van der Waals surface area contributed by atoms with Gasteiger partial charge in [0.1, 0.15) is 12.1 Å². The molecular weight excluding hydrogens is 552 g/mol. The Morgan fingerprint density at radius 3 is 2.12 bits per heavy atom. The Kier molecular flexibility index (Phi) is 9.47. The highest BCUT2D eigenvalue weighted by Gasteiger charge is 2.74. The van der Waals surface area contributed by atoms with Crippen LogP contribution in [0.25, 0.3) is 0 Å². The second-order valence-corrected chi connectivity index (χ2v) is 10.8. The number of ether oxygens (including phenoxy) is 1. The second-order valence-electron chi connectivity index (χ2n) is 10.8. The number of ketones is 2. The number of methoxy groups -OCH3 is 1. The fourth-order valence-corrected chi connectivity index (χ4v) is 5.54. The summed E-state index contributed by atoms with van der Waals surface area (Å²) in [5.41, 5.74) is 1.18. The molecule has 1 aliphatic carbocycles. The third kappa shape index (κ3) is 5.48. The number of benzene rings is 1. The van der Waals surface area contributed by atoms with Crippen LogP contribution in [-0.2, 0) is 33.5 Å². The third-order valence-electron chi connectivity index (χ3n) is 7.78. The van der Waals surface area contributed by atoms with Crippen molar-refractivity contribution in [3.05, 3.63) is 34.4 Å². The van der Waals surface area contributed by atoms with Crippen molar-refractivity contribution in [1.82, 2.24) is 15.5 Å². The minimum Gasteiger partial charge on any atom is -0.367 e. The maximum Gasteiger partial charge on any atom is 0.269 e. The van der Waals surface area contributed by atoms with E-state index < -0.39 is 75.3 Å². The highest BCUT2D eigenvalue weighted by Crippen LogP contribution is 2.48. The number of hydrogen-bond donors (Lipinski definition) is 4. The van der Waals surface area contributed by atoms with Gasteiger partial charge in [-0.05, 0) is 31.9 Å². The number of nitrogens with zero attached hydrogens (tertiary/aromatic N) is 2. The number of anilines is 1. The highest BCUT2D eigenvalue weighted by molar-refractivity contribution is 6.23. The van der Waals surface area contributed by atoms with Gasteiger partial charge in [-0.15, -0.1) is 0 Å². The molecule has 0 bridgehead atoms. The first-order chi connectivity index (χ1) is 19.6. The number of carbonyl (C=O) groups excluding carboxylic acids is 6. The molecular formula is C27H36N6O9. The van der Waals surface area contributed by atoms with E-state index in [0.29, 0.717) is 0 Å². The summed E-state index contributed by atoms with van der Waals surface area (Å²) in [5, 5.41) is 18.6. The number of likely N-dealkylation sites (tertiary alicyclic amines) is 1. The summed E-state index contributed by atoms with van der Waals surface area (Å²) in [7, 11) is 1.18. The molecule has 0 spiro atoms. The molecule has 1 aromatic carbocycles. The minimum atomic E-state index is -2.44. The van der Waals surface area contributed by atoms with Crippen LogP contribution in [0.2, 0.25) is 0 Å². The largest absolute Gasteiger partial charge is 0.367 e. The van der Waals surface area contributed by atoms with E-state index in [0.717, 1.165) is 4.90 Å². The second kappa shape index (κ2) is 12.3. The van der Waals surface area contributed by atoms with Gasteiger partial charge in [0.25, 0.3) is 11.6 Å². The average Bonchev–Trinajstić information content (AvgIpc) is 3.31. The van der Waals surface area contributed by atoms with Gasteiger partial charge < -0.3 is 31.3 Å². The smallest absolute Gasteiger partial charge is 0.269 e. The van der Waals surface area contributed by atoms with Gasteiger partial charge in [0.2, 0.25) is 23.3 Å². The molecule has 1 unspecified atom stereocenters. The minimum absolute atomic E-state index is 0.164. The fourth-order valence-electron chi connectivity index (χ4n) is 5.54. The Hall–Kier alpha value is -4.24. The van der Waals surface area contributed by atoms with Crippen molar-refractivity contribution in [2.45, 2.75) is 76.2 Å². The van der Waals surface area contributed by atoms with E-state index in [1.807, 2.05) is 0 Å².